The van der Waals surface area contributed by atoms with Gasteiger partial charge in [0.1, 0.15) is 0 Å². The lowest BCUT2D eigenvalue weighted by Gasteiger charge is -2.21. The molecule has 0 aliphatic carbocycles. The zero-order chi connectivity index (χ0) is 15.1. The van der Waals surface area contributed by atoms with Crippen LogP contribution in [0, 0.1) is 5.92 Å². The predicted octanol–water partition coefficient (Wildman–Crippen LogP) is 2.79. The summed E-state index contributed by atoms with van der Waals surface area (Å²) in [6, 6.07) is 0. The summed E-state index contributed by atoms with van der Waals surface area (Å²) in [6.45, 7) is 13.3. The maximum Gasteiger partial charge on any atom is 0.191 e. The van der Waals surface area contributed by atoms with Gasteiger partial charge in [0.2, 0.25) is 0 Å². The highest BCUT2D eigenvalue weighted by atomic mass is 127. The summed E-state index contributed by atoms with van der Waals surface area (Å²) in [7, 11) is 0. The Kier molecular flexibility index (Phi) is 9.47. The molecular formula is C16H33IN4S. The first kappa shape index (κ1) is 20.4. The van der Waals surface area contributed by atoms with Gasteiger partial charge in [-0.25, -0.2) is 0 Å². The molecule has 0 amide bonds. The second-order valence-electron chi connectivity index (χ2n) is 6.53. The van der Waals surface area contributed by atoms with Gasteiger partial charge in [-0.05, 0) is 57.9 Å². The normalized spacial score (nSPS) is 29.4. The van der Waals surface area contributed by atoms with Crippen molar-refractivity contribution >= 4 is 41.7 Å². The van der Waals surface area contributed by atoms with Gasteiger partial charge in [0.15, 0.2) is 5.96 Å². The van der Waals surface area contributed by atoms with Gasteiger partial charge in [-0.2, -0.15) is 11.8 Å². The van der Waals surface area contributed by atoms with E-state index in [4.69, 9.17) is 4.99 Å². The maximum absolute atomic E-state index is 4.83. The summed E-state index contributed by atoms with van der Waals surface area (Å²) in [4.78, 5) is 7.36. The quantitative estimate of drug-likeness (QED) is 0.379. The van der Waals surface area contributed by atoms with Crippen molar-refractivity contribution in [2.75, 3.05) is 45.0 Å². The Labute approximate surface area is 157 Å². The van der Waals surface area contributed by atoms with Crippen LogP contribution in [0.4, 0.5) is 0 Å². The van der Waals surface area contributed by atoms with Gasteiger partial charge in [0, 0.05) is 24.4 Å². The Morgan fingerprint density at radius 3 is 2.77 bits per heavy atom. The van der Waals surface area contributed by atoms with Gasteiger partial charge in [0.25, 0.3) is 0 Å². The number of aliphatic imine (C=N–C) groups is 1. The van der Waals surface area contributed by atoms with Crippen molar-refractivity contribution in [1.82, 2.24) is 15.5 Å². The first-order chi connectivity index (χ1) is 10.1. The number of halogens is 1. The highest BCUT2D eigenvalue weighted by Gasteiger charge is 2.29. The van der Waals surface area contributed by atoms with E-state index in [1.807, 2.05) is 0 Å². The summed E-state index contributed by atoms with van der Waals surface area (Å²) in [5.41, 5.74) is 0. The van der Waals surface area contributed by atoms with Crippen LogP contribution in [0.5, 0.6) is 0 Å². The van der Waals surface area contributed by atoms with Crippen molar-refractivity contribution in [3.63, 3.8) is 0 Å². The largest absolute Gasteiger partial charge is 0.357 e. The minimum absolute atomic E-state index is 0. The molecule has 130 valence electrons. The fourth-order valence-corrected chi connectivity index (χ4v) is 4.38. The standard InChI is InChI=1S/C16H32N4S.HI/c1-4-17-15(19-13-16(3)8-6-10-21-16)18-11-14-7-9-20(5-2)12-14;/h14H,4-13H2,1-3H3,(H2,17,18,19);1H. The monoisotopic (exact) mass is 440 g/mol. The molecule has 22 heavy (non-hydrogen) atoms. The van der Waals surface area contributed by atoms with Crippen LogP contribution in [0.1, 0.15) is 40.0 Å². The molecular weight excluding hydrogens is 407 g/mol. The van der Waals surface area contributed by atoms with Gasteiger partial charge >= 0.3 is 0 Å². The van der Waals surface area contributed by atoms with Crippen molar-refractivity contribution in [3.05, 3.63) is 0 Å². The minimum atomic E-state index is 0. The number of rotatable bonds is 6. The molecule has 2 rings (SSSR count). The van der Waals surface area contributed by atoms with Crippen molar-refractivity contribution in [1.29, 1.82) is 0 Å². The Hall–Kier alpha value is 0.310. The molecule has 0 aromatic carbocycles. The van der Waals surface area contributed by atoms with Crippen molar-refractivity contribution < 1.29 is 0 Å². The molecule has 2 heterocycles. The van der Waals surface area contributed by atoms with E-state index in [9.17, 15) is 0 Å². The molecule has 2 unspecified atom stereocenters. The predicted molar refractivity (Wildman–Crippen MR) is 110 cm³/mol. The van der Waals surface area contributed by atoms with Crippen LogP contribution in [0.3, 0.4) is 0 Å². The van der Waals surface area contributed by atoms with Crippen molar-refractivity contribution in [2.24, 2.45) is 10.9 Å². The van der Waals surface area contributed by atoms with Crippen LogP contribution < -0.4 is 10.6 Å². The summed E-state index contributed by atoms with van der Waals surface area (Å²) < 4.78 is 0.356. The van der Waals surface area contributed by atoms with E-state index in [1.54, 1.807) is 0 Å². The first-order valence-corrected chi connectivity index (χ1v) is 9.52. The molecule has 2 N–H and O–H groups in total. The van der Waals surface area contributed by atoms with Crippen LogP contribution in [0.25, 0.3) is 0 Å². The van der Waals surface area contributed by atoms with Crippen molar-refractivity contribution in [2.45, 2.75) is 44.8 Å². The number of thioether (sulfide) groups is 1. The summed E-state index contributed by atoms with van der Waals surface area (Å²) in [6.07, 6.45) is 3.96. The average Bonchev–Trinajstić information content (AvgIpc) is 3.11. The van der Waals surface area contributed by atoms with E-state index in [2.05, 4.69) is 48.1 Å². The third-order valence-corrected chi connectivity index (χ3v) is 6.11. The third kappa shape index (κ3) is 6.43. The van der Waals surface area contributed by atoms with E-state index < -0.39 is 0 Å². The van der Waals surface area contributed by atoms with Crippen LogP contribution in [0.2, 0.25) is 0 Å². The molecule has 6 heteroatoms. The van der Waals surface area contributed by atoms with Gasteiger partial charge < -0.3 is 15.5 Å². The van der Waals surface area contributed by atoms with E-state index in [0.717, 1.165) is 31.5 Å². The summed E-state index contributed by atoms with van der Waals surface area (Å²) in [5.74, 6) is 3.07. The second-order valence-corrected chi connectivity index (χ2v) is 8.21. The van der Waals surface area contributed by atoms with Gasteiger partial charge in [-0.1, -0.05) is 6.92 Å². The lowest BCUT2D eigenvalue weighted by Crippen LogP contribution is -2.41. The average molecular weight is 440 g/mol. The lowest BCUT2D eigenvalue weighted by atomic mass is 10.1. The highest BCUT2D eigenvalue weighted by Crippen LogP contribution is 2.37. The van der Waals surface area contributed by atoms with Crippen LogP contribution in [0.15, 0.2) is 4.99 Å². The maximum atomic E-state index is 4.83. The summed E-state index contributed by atoms with van der Waals surface area (Å²) in [5, 5.41) is 6.94. The molecule has 2 aliphatic rings. The lowest BCUT2D eigenvalue weighted by molar-refractivity contribution is 0.342. The fraction of sp³-hybridized carbons (Fsp3) is 0.938. The van der Waals surface area contributed by atoms with Crippen LogP contribution in [-0.4, -0.2) is 60.6 Å². The molecule has 2 saturated heterocycles. The molecule has 0 bridgehead atoms. The smallest absolute Gasteiger partial charge is 0.191 e. The molecule has 2 aliphatic heterocycles. The number of nitrogens with one attached hydrogen (secondary N) is 2. The zero-order valence-corrected chi connectivity index (χ0v) is 17.5. The van der Waals surface area contributed by atoms with Gasteiger partial charge in [-0.15, -0.1) is 24.0 Å². The molecule has 0 aromatic rings. The number of nitrogens with zero attached hydrogens (tertiary/aromatic N) is 2. The number of guanidine groups is 1. The van der Waals surface area contributed by atoms with Crippen LogP contribution >= 0.6 is 35.7 Å². The van der Waals surface area contributed by atoms with E-state index in [0.29, 0.717) is 4.75 Å². The Morgan fingerprint density at radius 2 is 2.18 bits per heavy atom. The van der Waals surface area contributed by atoms with Gasteiger partial charge in [0.05, 0.1) is 6.54 Å². The van der Waals surface area contributed by atoms with E-state index >= 15 is 0 Å². The Morgan fingerprint density at radius 1 is 1.36 bits per heavy atom. The third-order valence-electron chi connectivity index (χ3n) is 4.59. The Balaban J connectivity index is 0.00000242. The molecule has 0 aromatic heterocycles. The molecule has 4 nitrogen and oxygen atoms in total. The SMILES string of the molecule is CCNC(=NCC1(C)CCCS1)NCC1CCN(CC)C1.I. The Bertz CT molecular complexity index is 345. The van der Waals surface area contributed by atoms with E-state index in [1.165, 1.54) is 44.6 Å². The topological polar surface area (TPSA) is 39.7 Å². The number of hydrogen-bond acceptors (Lipinski definition) is 3. The molecule has 0 spiro atoms. The molecule has 0 saturated carbocycles. The van der Waals surface area contributed by atoms with Crippen molar-refractivity contribution in [3.8, 4) is 0 Å². The summed E-state index contributed by atoms with van der Waals surface area (Å²) >= 11 is 2.08. The molecule has 2 fully saturated rings. The van der Waals surface area contributed by atoms with E-state index in [-0.39, 0.29) is 24.0 Å². The minimum Gasteiger partial charge on any atom is -0.357 e. The molecule has 0 radical (unpaired) electrons. The van der Waals surface area contributed by atoms with Gasteiger partial charge in [-0.3, -0.25) is 4.99 Å². The highest BCUT2D eigenvalue weighted by molar-refractivity contribution is 14.0. The molecule has 2 atom stereocenters. The fourth-order valence-electron chi connectivity index (χ4n) is 3.16. The number of hydrogen-bond donors (Lipinski definition) is 2. The zero-order valence-electron chi connectivity index (χ0n) is 14.4. The number of likely N-dealkylation sites (tertiary alicyclic amines) is 1. The second kappa shape index (κ2) is 10.2. The first-order valence-electron chi connectivity index (χ1n) is 8.53. The van der Waals surface area contributed by atoms with Crippen LogP contribution in [-0.2, 0) is 0 Å².